The van der Waals surface area contributed by atoms with E-state index in [1.807, 2.05) is 0 Å². The van der Waals surface area contributed by atoms with Crippen molar-refractivity contribution in [1.29, 1.82) is 0 Å². The summed E-state index contributed by atoms with van der Waals surface area (Å²) >= 11 is -2.58. The molecule has 0 aliphatic rings. The zero-order chi connectivity index (χ0) is 20.5. The highest BCUT2D eigenvalue weighted by Crippen LogP contribution is 2.28. The number of benzene rings is 2. The van der Waals surface area contributed by atoms with Crippen molar-refractivity contribution in [3.8, 4) is 0 Å². The molecule has 2 aromatic rings. The smallest absolute Gasteiger partial charge is 0.336 e. The van der Waals surface area contributed by atoms with Gasteiger partial charge in [-0.2, -0.15) is 12.6 Å². The van der Waals surface area contributed by atoms with Crippen LogP contribution in [0.4, 0.5) is 0 Å². The Hall–Kier alpha value is -1.70. The van der Waals surface area contributed by atoms with E-state index >= 15 is 0 Å². The van der Waals surface area contributed by atoms with E-state index in [-0.39, 0.29) is 4.90 Å². The Labute approximate surface area is 158 Å². The molecule has 0 aliphatic carbocycles. The first kappa shape index (κ1) is 21.6. The molecule has 27 heavy (non-hydrogen) atoms. The highest BCUT2D eigenvalue weighted by molar-refractivity contribution is 7.86. The minimum Gasteiger partial charge on any atom is -0.336 e. The summed E-state index contributed by atoms with van der Waals surface area (Å²) in [7, 11) is -4.82. The van der Waals surface area contributed by atoms with Crippen LogP contribution in [-0.2, 0) is 29.6 Å². The molecule has 1 atom stereocenters. The van der Waals surface area contributed by atoms with Gasteiger partial charge in [0.2, 0.25) is 0 Å². The molecule has 2 rings (SSSR count). The van der Waals surface area contributed by atoms with Crippen LogP contribution in [0.5, 0.6) is 0 Å². The van der Waals surface area contributed by atoms with Crippen molar-refractivity contribution < 1.29 is 41.4 Å². The van der Waals surface area contributed by atoms with Gasteiger partial charge in [-0.05, 0) is 38.1 Å². The highest BCUT2D eigenvalue weighted by atomic mass is 32.2. The van der Waals surface area contributed by atoms with Gasteiger partial charge in [0.05, 0.1) is 9.79 Å². The van der Waals surface area contributed by atoms with Gasteiger partial charge in [0.15, 0.2) is 11.1 Å². The number of aryl methyl sites for hydroxylation is 2. The summed E-state index contributed by atoms with van der Waals surface area (Å²) in [6.07, 6.45) is 0. The lowest BCUT2D eigenvalue weighted by Crippen LogP contribution is -2.58. The molecule has 0 fully saturated rings. The molecule has 0 saturated carbocycles. The second kappa shape index (κ2) is 7.73. The highest BCUT2D eigenvalue weighted by Gasteiger charge is 2.56. The molecule has 2 aromatic carbocycles. The Morgan fingerprint density at radius 2 is 1.26 bits per heavy atom. The van der Waals surface area contributed by atoms with Crippen molar-refractivity contribution in [2.75, 3.05) is 0 Å². The summed E-state index contributed by atoms with van der Waals surface area (Å²) < 4.78 is 44.7. The Bertz CT molecular complexity index is 917. The van der Waals surface area contributed by atoms with Crippen molar-refractivity contribution in [3.05, 3.63) is 59.7 Å². The lowest BCUT2D eigenvalue weighted by atomic mass is 10.2. The molecule has 0 heterocycles. The molecule has 0 spiro atoms. The summed E-state index contributed by atoms with van der Waals surface area (Å²) in [5, 5.41) is 38.9. The second-order valence-electron chi connectivity index (χ2n) is 5.70. The fourth-order valence-electron chi connectivity index (χ4n) is 1.82. The van der Waals surface area contributed by atoms with E-state index in [0.29, 0.717) is 0 Å². The Kier molecular flexibility index (Phi) is 6.19. The first-order chi connectivity index (χ1) is 12.3. The zero-order valence-electron chi connectivity index (χ0n) is 14.3. The third-order valence-corrected chi connectivity index (χ3v) is 5.71. The summed E-state index contributed by atoms with van der Waals surface area (Å²) in [6.45, 7) is 3.45. The topological polar surface area (TPSA) is 151 Å². The van der Waals surface area contributed by atoms with Gasteiger partial charge in [0.25, 0.3) is 0 Å². The van der Waals surface area contributed by atoms with E-state index in [9.17, 15) is 33.1 Å². The molecule has 0 aliphatic heterocycles. The maximum Gasteiger partial charge on any atom is 0.380 e. The largest absolute Gasteiger partial charge is 0.380 e. The summed E-state index contributed by atoms with van der Waals surface area (Å²) in [4.78, 5) is -0.513. The van der Waals surface area contributed by atoms with Crippen molar-refractivity contribution >= 4 is 21.2 Å². The molecule has 148 valence electrons. The van der Waals surface area contributed by atoms with Gasteiger partial charge in [-0.3, -0.25) is 0 Å². The van der Waals surface area contributed by atoms with Crippen LogP contribution in [-0.4, -0.2) is 45.0 Å². The summed E-state index contributed by atoms with van der Waals surface area (Å²) in [6, 6.07) is 10.8. The van der Waals surface area contributed by atoms with Gasteiger partial charge < -0.3 is 20.4 Å². The lowest BCUT2D eigenvalue weighted by Gasteiger charge is -2.31. The average Bonchev–Trinajstić information content (AvgIpc) is 2.54. The molecule has 0 bridgehead atoms. The zero-order valence-corrected chi connectivity index (χ0v) is 15.9. The molecule has 0 aromatic heterocycles. The predicted octanol–water partition coefficient (Wildman–Crippen LogP) is 0.0249. The Morgan fingerprint density at radius 1 is 0.815 bits per heavy atom. The van der Waals surface area contributed by atoms with Gasteiger partial charge >= 0.3 is 22.1 Å². The monoisotopic (exact) mass is 418 g/mol. The number of hydrogen-bond acceptors (Lipinski definition) is 9. The Balaban J connectivity index is 2.21. The van der Waals surface area contributed by atoms with Crippen LogP contribution in [0.1, 0.15) is 11.1 Å². The third-order valence-electron chi connectivity index (χ3n) is 3.37. The van der Waals surface area contributed by atoms with Gasteiger partial charge in [-0.25, -0.2) is 8.39 Å². The molecule has 0 amide bonds. The predicted molar refractivity (Wildman–Crippen MR) is 92.5 cm³/mol. The van der Waals surface area contributed by atoms with Crippen LogP contribution in [0, 0.1) is 13.8 Å². The van der Waals surface area contributed by atoms with Crippen LogP contribution >= 0.6 is 0 Å². The van der Waals surface area contributed by atoms with Gasteiger partial charge in [0, 0.05) is 0 Å². The maximum absolute atomic E-state index is 12.1. The van der Waals surface area contributed by atoms with E-state index in [2.05, 4.69) is 8.37 Å². The minimum atomic E-state index is -4.82. The molecule has 0 radical (unpaired) electrons. The van der Waals surface area contributed by atoms with Crippen molar-refractivity contribution in [2.45, 2.75) is 35.6 Å². The van der Waals surface area contributed by atoms with E-state index in [1.54, 1.807) is 26.0 Å². The fraction of sp³-hybridized carbons (Fsp3) is 0.250. The lowest BCUT2D eigenvalue weighted by molar-refractivity contribution is -0.489. The number of rotatable bonds is 7. The molecule has 11 heteroatoms. The molecule has 0 saturated heterocycles. The van der Waals surface area contributed by atoms with E-state index in [0.717, 1.165) is 23.3 Å². The first-order valence-electron chi connectivity index (χ1n) is 7.44. The van der Waals surface area contributed by atoms with Crippen molar-refractivity contribution in [2.24, 2.45) is 0 Å². The molecule has 1 unspecified atom stereocenters. The number of aliphatic hydroxyl groups is 4. The van der Waals surface area contributed by atoms with Crippen LogP contribution < -0.4 is 0 Å². The summed E-state index contributed by atoms with van der Waals surface area (Å²) in [5.74, 6) is -8.20. The van der Waals surface area contributed by atoms with Crippen molar-refractivity contribution in [1.82, 2.24) is 0 Å². The SMILES string of the molecule is Cc1ccc(S(=O)OC(O)(O)C(O)(O)OS(=O)(=O)c2ccc(C)cc2)cc1. The average molecular weight is 418 g/mol. The van der Waals surface area contributed by atoms with Crippen molar-refractivity contribution in [3.63, 3.8) is 0 Å². The molecular weight excluding hydrogens is 400 g/mol. The van der Waals surface area contributed by atoms with Gasteiger partial charge in [0.1, 0.15) is 0 Å². The molecule has 4 N–H and O–H groups in total. The first-order valence-corrected chi connectivity index (χ1v) is 9.92. The third kappa shape index (κ3) is 5.18. The van der Waals surface area contributed by atoms with Crippen LogP contribution in [0.25, 0.3) is 0 Å². The summed E-state index contributed by atoms with van der Waals surface area (Å²) in [5.41, 5.74) is 1.55. The van der Waals surface area contributed by atoms with E-state index in [4.69, 9.17) is 0 Å². The molecular formula is C16H18O9S2. The van der Waals surface area contributed by atoms with Gasteiger partial charge in [-0.15, -0.1) is 0 Å². The normalized spacial score (nSPS) is 14.1. The number of hydrogen-bond donors (Lipinski definition) is 4. The van der Waals surface area contributed by atoms with E-state index < -0.39 is 38.0 Å². The fourth-order valence-corrected chi connectivity index (χ4v) is 3.57. The second-order valence-corrected chi connectivity index (χ2v) is 8.35. The quantitative estimate of drug-likeness (QED) is 0.360. The van der Waals surface area contributed by atoms with Crippen LogP contribution in [0.3, 0.4) is 0 Å². The van der Waals surface area contributed by atoms with Gasteiger partial charge in [-0.1, -0.05) is 35.4 Å². The Morgan fingerprint density at radius 3 is 1.74 bits per heavy atom. The minimum absolute atomic E-state index is 0.0368. The van der Waals surface area contributed by atoms with Crippen LogP contribution in [0.15, 0.2) is 58.3 Å². The van der Waals surface area contributed by atoms with E-state index in [1.165, 1.54) is 24.3 Å². The standard InChI is InChI=1S/C16H18O9S2/c1-11-3-7-13(8-4-11)26(21)24-15(17,18)16(19,20)25-27(22,23)14-9-5-12(2)6-10-14/h3-10,17-20H,1-2H3. The van der Waals surface area contributed by atoms with Crippen LogP contribution in [0.2, 0.25) is 0 Å². The maximum atomic E-state index is 12.1. The molecule has 9 nitrogen and oxygen atoms in total.